The lowest BCUT2D eigenvalue weighted by Crippen LogP contribution is -2.52. The Kier molecular flexibility index (Phi) is 5.05. The summed E-state index contributed by atoms with van der Waals surface area (Å²) >= 11 is 0. The molecule has 1 aromatic carbocycles. The number of aryl methyl sites for hydroxylation is 1. The van der Waals surface area contributed by atoms with Crippen molar-refractivity contribution in [2.75, 3.05) is 26.2 Å². The van der Waals surface area contributed by atoms with E-state index in [-0.39, 0.29) is 23.5 Å². The molecule has 160 valence electrons. The Labute approximate surface area is 179 Å². The molecule has 5 rings (SSSR count). The van der Waals surface area contributed by atoms with Crippen LogP contribution in [0.5, 0.6) is 0 Å². The van der Waals surface area contributed by atoms with Crippen LogP contribution in [0.15, 0.2) is 53.3 Å². The first-order valence-corrected chi connectivity index (χ1v) is 10.5. The molecular formula is C23H23FN4O3. The first-order chi connectivity index (χ1) is 15.1. The van der Waals surface area contributed by atoms with Crippen LogP contribution < -0.4 is 0 Å². The molecule has 0 saturated carbocycles. The maximum atomic E-state index is 13.3. The second-order valence-corrected chi connectivity index (χ2v) is 8.01. The van der Waals surface area contributed by atoms with E-state index in [1.807, 2.05) is 4.90 Å². The Hall–Kier alpha value is -3.42. The molecule has 0 spiro atoms. The van der Waals surface area contributed by atoms with Gasteiger partial charge in [-0.25, -0.2) is 9.37 Å². The standard InChI is InChI=1S/C23H23FN4O3/c24-18-6-3-16(4-7-18)19-14-25-21-8-5-17(15-28(19)21)22(29)26-9-11-27(12-10-26)23(30)20-2-1-13-31-20/h1-4,6-7,13-14,17H,5,8-12,15H2. The number of fused-ring (bicyclic) bond motifs is 1. The smallest absolute Gasteiger partial charge is 0.289 e. The number of carbonyl (C=O) groups is 2. The van der Waals surface area contributed by atoms with Crippen LogP contribution in [0, 0.1) is 11.7 Å². The van der Waals surface area contributed by atoms with Gasteiger partial charge in [-0.2, -0.15) is 0 Å². The molecule has 0 radical (unpaired) electrons. The van der Waals surface area contributed by atoms with E-state index in [1.165, 1.54) is 18.4 Å². The van der Waals surface area contributed by atoms with Gasteiger partial charge in [0.05, 0.1) is 24.1 Å². The van der Waals surface area contributed by atoms with Crippen molar-refractivity contribution in [1.82, 2.24) is 19.4 Å². The topological polar surface area (TPSA) is 71.6 Å². The molecule has 1 unspecified atom stereocenters. The molecule has 2 aliphatic rings. The summed E-state index contributed by atoms with van der Waals surface area (Å²) in [6, 6.07) is 9.69. The molecule has 0 bridgehead atoms. The van der Waals surface area contributed by atoms with Gasteiger partial charge in [0.25, 0.3) is 5.91 Å². The summed E-state index contributed by atoms with van der Waals surface area (Å²) in [5.74, 6) is 0.856. The maximum absolute atomic E-state index is 13.3. The first-order valence-electron chi connectivity index (χ1n) is 10.5. The third-order valence-electron chi connectivity index (χ3n) is 6.16. The molecule has 1 saturated heterocycles. The molecule has 7 nitrogen and oxygen atoms in total. The average molecular weight is 422 g/mol. The van der Waals surface area contributed by atoms with Crippen LogP contribution in [0.3, 0.4) is 0 Å². The lowest BCUT2D eigenvalue weighted by molar-refractivity contribution is -0.138. The number of aromatic nitrogens is 2. The second-order valence-electron chi connectivity index (χ2n) is 8.01. The number of nitrogens with zero attached hydrogens (tertiary/aromatic N) is 4. The van der Waals surface area contributed by atoms with Crippen molar-refractivity contribution in [2.24, 2.45) is 5.92 Å². The summed E-state index contributed by atoms with van der Waals surface area (Å²) in [5.41, 5.74) is 1.79. The Balaban J connectivity index is 1.25. The van der Waals surface area contributed by atoms with Crippen LogP contribution in [-0.4, -0.2) is 57.3 Å². The lowest BCUT2D eigenvalue weighted by atomic mass is 9.97. The second kappa shape index (κ2) is 8.02. The van der Waals surface area contributed by atoms with Crippen molar-refractivity contribution in [3.05, 3.63) is 66.3 Å². The van der Waals surface area contributed by atoms with Crippen LogP contribution in [0.2, 0.25) is 0 Å². The van der Waals surface area contributed by atoms with Gasteiger partial charge in [0.2, 0.25) is 5.91 Å². The third kappa shape index (κ3) is 3.73. The Morgan fingerprint density at radius 2 is 1.77 bits per heavy atom. The van der Waals surface area contributed by atoms with Crippen molar-refractivity contribution in [1.29, 1.82) is 0 Å². The number of imidazole rings is 1. The number of piperazine rings is 1. The van der Waals surface area contributed by atoms with Crippen molar-refractivity contribution in [2.45, 2.75) is 19.4 Å². The van der Waals surface area contributed by atoms with E-state index in [4.69, 9.17) is 4.42 Å². The minimum atomic E-state index is -0.278. The van der Waals surface area contributed by atoms with Crippen molar-refractivity contribution >= 4 is 11.8 Å². The molecular weight excluding hydrogens is 399 g/mol. The van der Waals surface area contributed by atoms with Gasteiger partial charge >= 0.3 is 0 Å². The van der Waals surface area contributed by atoms with Gasteiger partial charge in [-0.3, -0.25) is 9.59 Å². The predicted octanol–water partition coefficient (Wildman–Crippen LogP) is 2.83. The molecule has 3 aromatic rings. The number of hydrogen-bond acceptors (Lipinski definition) is 4. The van der Waals surface area contributed by atoms with Gasteiger partial charge in [-0.05, 0) is 48.4 Å². The maximum Gasteiger partial charge on any atom is 0.289 e. The number of hydrogen-bond donors (Lipinski definition) is 0. The van der Waals surface area contributed by atoms with E-state index in [0.717, 1.165) is 29.9 Å². The normalized spacial score (nSPS) is 18.7. The number of halogens is 1. The van der Waals surface area contributed by atoms with E-state index in [0.29, 0.717) is 38.5 Å². The summed E-state index contributed by atoms with van der Waals surface area (Å²) in [5, 5.41) is 0. The highest BCUT2D eigenvalue weighted by atomic mass is 19.1. The van der Waals surface area contributed by atoms with E-state index in [9.17, 15) is 14.0 Å². The molecule has 0 N–H and O–H groups in total. The fourth-order valence-corrected chi connectivity index (χ4v) is 4.43. The Morgan fingerprint density at radius 1 is 1.03 bits per heavy atom. The van der Waals surface area contributed by atoms with Crippen molar-refractivity contribution < 1.29 is 18.4 Å². The van der Waals surface area contributed by atoms with Crippen LogP contribution in [0.1, 0.15) is 22.8 Å². The lowest BCUT2D eigenvalue weighted by Gasteiger charge is -2.37. The zero-order chi connectivity index (χ0) is 21.4. The number of carbonyl (C=O) groups excluding carboxylic acids is 2. The van der Waals surface area contributed by atoms with E-state index < -0.39 is 0 Å². The Morgan fingerprint density at radius 3 is 2.48 bits per heavy atom. The Bertz CT molecular complexity index is 1080. The van der Waals surface area contributed by atoms with Crippen LogP contribution in [0.4, 0.5) is 4.39 Å². The van der Waals surface area contributed by atoms with Gasteiger partial charge in [-0.1, -0.05) is 0 Å². The van der Waals surface area contributed by atoms with Gasteiger partial charge in [0.15, 0.2) is 5.76 Å². The zero-order valence-electron chi connectivity index (χ0n) is 17.0. The van der Waals surface area contributed by atoms with Gasteiger partial charge < -0.3 is 18.8 Å². The number of benzene rings is 1. The molecule has 31 heavy (non-hydrogen) atoms. The molecule has 2 aromatic heterocycles. The average Bonchev–Trinajstić information content (AvgIpc) is 3.49. The molecule has 1 fully saturated rings. The van der Waals surface area contributed by atoms with Crippen molar-refractivity contribution in [3.8, 4) is 11.3 Å². The fourth-order valence-electron chi connectivity index (χ4n) is 4.43. The number of amides is 2. The summed E-state index contributed by atoms with van der Waals surface area (Å²) in [6.45, 7) is 2.59. The fraction of sp³-hybridized carbons (Fsp3) is 0.348. The van der Waals surface area contributed by atoms with Gasteiger partial charge in [-0.15, -0.1) is 0 Å². The first kappa shape index (κ1) is 19.5. The monoisotopic (exact) mass is 422 g/mol. The largest absolute Gasteiger partial charge is 0.459 e. The predicted molar refractivity (Wildman–Crippen MR) is 111 cm³/mol. The molecule has 2 amide bonds. The summed E-state index contributed by atoms with van der Waals surface area (Å²) in [7, 11) is 0. The highest BCUT2D eigenvalue weighted by Gasteiger charge is 2.33. The highest BCUT2D eigenvalue weighted by Crippen LogP contribution is 2.29. The molecule has 2 aliphatic heterocycles. The van der Waals surface area contributed by atoms with E-state index in [1.54, 1.807) is 35.4 Å². The minimum absolute atomic E-state index is 0.120. The van der Waals surface area contributed by atoms with E-state index in [2.05, 4.69) is 9.55 Å². The van der Waals surface area contributed by atoms with Gasteiger partial charge in [0, 0.05) is 39.1 Å². The third-order valence-corrected chi connectivity index (χ3v) is 6.16. The summed E-state index contributed by atoms with van der Waals surface area (Å²) in [4.78, 5) is 33.7. The summed E-state index contributed by atoms with van der Waals surface area (Å²) < 4.78 is 20.6. The van der Waals surface area contributed by atoms with Crippen LogP contribution in [0.25, 0.3) is 11.3 Å². The summed E-state index contributed by atoms with van der Waals surface area (Å²) in [6.07, 6.45) is 4.77. The van der Waals surface area contributed by atoms with Crippen LogP contribution in [-0.2, 0) is 17.8 Å². The molecule has 1 atom stereocenters. The van der Waals surface area contributed by atoms with Crippen molar-refractivity contribution in [3.63, 3.8) is 0 Å². The van der Waals surface area contributed by atoms with Gasteiger partial charge in [0.1, 0.15) is 11.6 Å². The SMILES string of the molecule is O=C(c1ccco1)N1CCN(C(=O)C2CCc3ncc(-c4ccc(F)cc4)n3C2)CC1. The molecule has 8 heteroatoms. The van der Waals surface area contributed by atoms with Crippen LogP contribution >= 0.6 is 0 Å². The zero-order valence-corrected chi connectivity index (χ0v) is 17.0. The minimum Gasteiger partial charge on any atom is -0.459 e. The highest BCUT2D eigenvalue weighted by molar-refractivity contribution is 5.91. The number of furan rings is 1. The van der Waals surface area contributed by atoms with E-state index >= 15 is 0 Å². The molecule has 4 heterocycles. The molecule has 0 aliphatic carbocycles. The number of rotatable bonds is 3. The quantitative estimate of drug-likeness (QED) is 0.651.